The molecule has 4 nitrogen and oxygen atoms in total. The predicted octanol–water partition coefficient (Wildman–Crippen LogP) is 4.11. The van der Waals surface area contributed by atoms with Gasteiger partial charge >= 0.3 is 6.18 Å². The van der Waals surface area contributed by atoms with Gasteiger partial charge in [-0.05, 0) is 40.2 Å². The SMILES string of the molecule is N#Cc1ccc(Oc2ncc(Br)cc2C(F)(F)F)c(N)c1. The summed E-state index contributed by atoms with van der Waals surface area (Å²) < 4.78 is 44.1. The summed E-state index contributed by atoms with van der Waals surface area (Å²) in [5, 5.41) is 8.71. The van der Waals surface area contributed by atoms with Crippen LogP contribution in [0.15, 0.2) is 34.9 Å². The zero-order valence-corrected chi connectivity index (χ0v) is 11.9. The second kappa shape index (κ2) is 5.61. The standard InChI is InChI=1S/C13H7BrF3N3O/c14-8-4-9(13(15,16)17)12(20-6-8)21-11-2-1-7(5-18)3-10(11)19/h1-4,6H,19H2. The number of nitrogens with zero attached hydrogens (tertiary/aromatic N) is 2. The minimum atomic E-state index is -4.62. The van der Waals surface area contributed by atoms with Crippen LogP contribution in [0, 0.1) is 11.3 Å². The highest BCUT2D eigenvalue weighted by atomic mass is 79.9. The predicted molar refractivity (Wildman–Crippen MR) is 72.6 cm³/mol. The number of alkyl halides is 3. The lowest BCUT2D eigenvalue weighted by Gasteiger charge is -2.14. The van der Waals surface area contributed by atoms with Crippen molar-refractivity contribution in [3.8, 4) is 17.7 Å². The van der Waals surface area contributed by atoms with Crippen LogP contribution >= 0.6 is 15.9 Å². The van der Waals surface area contributed by atoms with Gasteiger partial charge in [0.05, 0.1) is 17.3 Å². The van der Waals surface area contributed by atoms with E-state index in [1.165, 1.54) is 24.4 Å². The lowest BCUT2D eigenvalue weighted by Crippen LogP contribution is -2.09. The molecule has 0 spiro atoms. The average Bonchev–Trinajstić information content (AvgIpc) is 2.41. The summed E-state index contributed by atoms with van der Waals surface area (Å²) in [6, 6.07) is 6.74. The number of nitriles is 1. The van der Waals surface area contributed by atoms with Gasteiger partial charge in [0.15, 0.2) is 5.75 Å². The lowest BCUT2D eigenvalue weighted by molar-refractivity contribution is -0.138. The van der Waals surface area contributed by atoms with Crippen LogP contribution in [0.1, 0.15) is 11.1 Å². The van der Waals surface area contributed by atoms with E-state index >= 15 is 0 Å². The fourth-order valence-electron chi connectivity index (χ4n) is 1.53. The molecule has 0 aliphatic heterocycles. The number of aromatic nitrogens is 1. The number of halogens is 4. The first-order chi connectivity index (χ1) is 9.81. The third kappa shape index (κ3) is 3.44. The zero-order chi connectivity index (χ0) is 15.6. The van der Waals surface area contributed by atoms with Crippen LogP contribution in [0.5, 0.6) is 11.6 Å². The largest absolute Gasteiger partial charge is 0.436 e. The van der Waals surface area contributed by atoms with E-state index in [0.29, 0.717) is 0 Å². The van der Waals surface area contributed by atoms with Gasteiger partial charge in [0.25, 0.3) is 0 Å². The number of rotatable bonds is 2. The highest BCUT2D eigenvalue weighted by Gasteiger charge is 2.36. The van der Waals surface area contributed by atoms with Gasteiger partial charge in [-0.15, -0.1) is 0 Å². The van der Waals surface area contributed by atoms with Gasteiger partial charge in [-0.1, -0.05) is 0 Å². The van der Waals surface area contributed by atoms with Crippen molar-refractivity contribution in [3.05, 3.63) is 46.1 Å². The maximum absolute atomic E-state index is 12.9. The minimum Gasteiger partial charge on any atom is -0.436 e. The van der Waals surface area contributed by atoms with Gasteiger partial charge in [0.2, 0.25) is 5.88 Å². The second-order valence-electron chi connectivity index (χ2n) is 3.97. The number of ether oxygens (including phenoxy) is 1. The van der Waals surface area contributed by atoms with Crippen LogP contribution in [-0.4, -0.2) is 4.98 Å². The Bertz CT molecular complexity index is 726. The van der Waals surface area contributed by atoms with Crippen LogP contribution < -0.4 is 10.5 Å². The second-order valence-corrected chi connectivity index (χ2v) is 4.89. The van der Waals surface area contributed by atoms with Crippen molar-refractivity contribution in [2.24, 2.45) is 0 Å². The first kappa shape index (κ1) is 15.1. The van der Waals surface area contributed by atoms with Crippen molar-refractivity contribution in [1.82, 2.24) is 4.98 Å². The highest BCUT2D eigenvalue weighted by Crippen LogP contribution is 2.39. The van der Waals surface area contributed by atoms with Crippen molar-refractivity contribution >= 4 is 21.6 Å². The van der Waals surface area contributed by atoms with Crippen LogP contribution in [0.4, 0.5) is 18.9 Å². The minimum absolute atomic E-state index is 0.00526. The third-order valence-corrected chi connectivity index (χ3v) is 2.90. The van der Waals surface area contributed by atoms with E-state index in [0.717, 1.165) is 6.07 Å². The molecule has 0 bridgehead atoms. The Labute approximate surface area is 126 Å². The van der Waals surface area contributed by atoms with Gasteiger partial charge < -0.3 is 10.5 Å². The summed E-state index contributed by atoms with van der Waals surface area (Å²) in [5.41, 5.74) is 4.94. The maximum Gasteiger partial charge on any atom is 0.421 e. The molecule has 1 heterocycles. The molecule has 2 aromatic rings. The highest BCUT2D eigenvalue weighted by molar-refractivity contribution is 9.10. The smallest absolute Gasteiger partial charge is 0.421 e. The van der Waals surface area contributed by atoms with Gasteiger partial charge in [0, 0.05) is 10.7 Å². The Morgan fingerprint density at radius 1 is 1.29 bits per heavy atom. The lowest BCUT2D eigenvalue weighted by atomic mass is 10.2. The number of nitrogen functional groups attached to an aromatic ring is 1. The Kier molecular flexibility index (Phi) is 4.04. The number of anilines is 1. The molecule has 0 atom stereocenters. The molecule has 8 heteroatoms. The van der Waals surface area contributed by atoms with Crippen LogP contribution in [-0.2, 0) is 6.18 Å². The summed E-state index contributed by atoms with van der Waals surface area (Å²) in [5.74, 6) is -0.614. The molecule has 2 N–H and O–H groups in total. The van der Waals surface area contributed by atoms with E-state index in [9.17, 15) is 13.2 Å². The van der Waals surface area contributed by atoms with Gasteiger partial charge in [0.1, 0.15) is 5.56 Å². The molecule has 0 amide bonds. The Hall–Kier alpha value is -2.27. The molecule has 0 radical (unpaired) electrons. The molecular formula is C13H7BrF3N3O. The fourth-order valence-corrected chi connectivity index (χ4v) is 1.86. The fraction of sp³-hybridized carbons (Fsp3) is 0.0769. The number of hydrogen-bond donors (Lipinski definition) is 1. The molecule has 1 aromatic carbocycles. The van der Waals surface area contributed by atoms with Crippen molar-refractivity contribution in [2.45, 2.75) is 6.18 Å². The van der Waals surface area contributed by atoms with Crippen LogP contribution in [0.2, 0.25) is 0 Å². The molecule has 0 aliphatic rings. The molecule has 21 heavy (non-hydrogen) atoms. The Morgan fingerprint density at radius 3 is 2.57 bits per heavy atom. The molecule has 0 aliphatic carbocycles. The summed E-state index contributed by atoms with van der Waals surface area (Å²) in [6.07, 6.45) is -3.43. The monoisotopic (exact) mass is 357 g/mol. The molecule has 2 rings (SSSR count). The Morgan fingerprint density at radius 2 is 2.00 bits per heavy atom. The number of pyridine rings is 1. The summed E-state index contributed by atoms with van der Waals surface area (Å²) >= 11 is 2.93. The summed E-state index contributed by atoms with van der Waals surface area (Å²) in [7, 11) is 0. The van der Waals surface area contributed by atoms with Crippen molar-refractivity contribution in [3.63, 3.8) is 0 Å². The third-order valence-electron chi connectivity index (χ3n) is 2.47. The summed E-state index contributed by atoms with van der Waals surface area (Å²) in [6.45, 7) is 0. The quantitative estimate of drug-likeness (QED) is 0.821. The van der Waals surface area contributed by atoms with E-state index in [2.05, 4.69) is 20.9 Å². The van der Waals surface area contributed by atoms with Crippen molar-refractivity contribution in [2.75, 3.05) is 5.73 Å². The normalized spacial score (nSPS) is 11.0. The van der Waals surface area contributed by atoms with E-state index in [4.69, 9.17) is 15.7 Å². The average molecular weight is 358 g/mol. The number of nitrogens with two attached hydrogens (primary N) is 1. The molecular weight excluding hydrogens is 351 g/mol. The van der Waals surface area contributed by atoms with Gasteiger partial charge in [-0.3, -0.25) is 0 Å². The number of hydrogen-bond acceptors (Lipinski definition) is 4. The first-order valence-electron chi connectivity index (χ1n) is 5.51. The topological polar surface area (TPSA) is 71.9 Å². The molecule has 108 valence electrons. The Balaban J connectivity index is 2.43. The maximum atomic E-state index is 12.9. The van der Waals surface area contributed by atoms with Crippen LogP contribution in [0.25, 0.3) is 0 Å². The van der Waals surface area contributed by atoms with Crippen molar-refractivity contribution in [1.29, 1.82) is 5.26 Å². The van der Waals surface area contributed by atoms with E-state index in [-0.39, 0.29) is 21.5 Å². The van der Waals surface area contributed by atoms with Gasteiger partial charge in [-0.25, -0.2) is 4.98 Å². The molecule has 0 fully saturated rings. The molecule has 1 aromatic heterocycles. The summed E-state index contributed by atoms with van der Waals surface area (Å²) in [4.78, 5) is 3.61. The number of benzene rings is 1. The van der Waals surface area contributed by atoms with E-state index in [1.54, 1.807) is 0 Å². The van der Waals surface area contributed by atoms with Gasteiger partial charge in [-0.2, -0.15) is 18.4 Å². The molecule has 0 saturated heterocycles. The van der Waals surface area contributed by atoms with E-state index in [1.807, 2.05) is 6.07 Å². The van der Waals surface area contributed by atoms with Crippen molar-refractivity contribution < 1.29 is 17.9 Å². The first-order valence-corrected chi connectivity index (χ1v) is 6.31. The molecule has 0 saturated carbocycles. The molecule has 0 unspecified atom stereocenters. The van der Waals surface area contributed by atoms with Crippen LogP contribution in [0.3, 0.4) is 0 Å². The zero-order valence-electron chi connectivity index (χ0n) is 10.3. The van der Waals surface area contributed by atoms with E-state index < -0.39 is 17.6 Å².